The number of carbonyl (C=O) groups excluding carboxylic acids is 1. The third kappa shape index (κ3) is 7.07. The van der Waals surface area contributed by atoms with Crippen LogP contribution >= 0.6 is 0 Å². The topological polar surface area (TPSA) is 81.5 Å². The zero-order valence-corrected chi connectivity index (χ0v) is 26.2. The zero-order chi connectivity index (χ0) is 30.9. The van der Waals surface area contributed by atoms with Gasteiger partial charge in [-0.2, -0.15) is 5.10 Å². The molecule has 0 bridgehead atoms. The molecule has 3 aromatic rings. The second-order valence-electron chi connectivity index (χ2n) is 13.7. The van der Waals surface area contributed by atoms with Gasteiger partial charge in [-0.25, -0.2) is 18.6 Å². The van der Waals surface area contributed by atoms with Crippen LogP contribution in [0.5, 0.6) is 0 Å². The second kappa shape index (κ2) is 12.7. The van der Waals surface area contributed by atoms with E-state index in [1.165, 1.54) is 5.56 Å². The van der Waals surface area contributed by atoms with E-state index in [-0.39, 0.29) is 30.8 Å². The van der Waals surface area contributed by atoms with Crippen molar-refractivity contribution in [1.29, 1.82) is 0 Å². The molecule has 1 aromatic carbocycles. The first-order valence-electron chi connectivity index (χ1n) is 16.2. The fraction of sp³-hybridized carbons (Fsp3) is 0.618. The second-order valence-corrected chi connectivity index (χ2v) is 13.7. The summed E-state index contributed by atoms with van der Waals surface area (Å²) in [5.74, 6) is -2.45. The lowest BCUT2D eigenvalue weighted by molar-refractivity contribution is -0.161. The standard InChI is InChI=1S/C34H45F2N5O3/c1-33(2,3)44-32(42)30(28-10-4-7-25-20-38-41(29(25)28)27-14-18-43-22-27)40-17-13-23(21-40)19-34(35,36)15-5-9-26-12-11-24-8-6-16-37-31(24)39-26/h4,7,10-12,20,23,27,30H,5-6,8-9,13-19,21-22H2,1-3H3,(H,37,39)/t23-,27-,30?/m0/s1. The molecule has 5 heterocycles. The number of likely N-dealkylation sites (tertiary alicyclic amines) is 1. The Kier molecular flexibility index (Phi) is 8.93. The molecule has 0 aliphatic carbocycles. The molecule has 3 aliphatic rings. The van der Waals surface area contributed by atoms with E-state index < -0.39 is 17.6 Å². The molecule has 2 aromatic heterocycles. The van der Waals surface area contributed by atoms with Gasteiger partial charge in [0.15, 0.2) is 0 Å². The number of ether oxygens (including phenoxy) is 2. The van der Waals surface area contributed by atoms with Gasteiger partial charge in [0.05, 0.1) is 24.4 Å². The summed E-state index contributed by atoms with van der Waals surface area (Å²) in [4.78, 5) is 20.5. The molecule has 238 valence electrons. The van der Waals surface area contributed by atoms with Crippen LogP contribution in [-0.2, 0) is 27.1 Å². The van der Waals surface area contributed by atoms with Crippen molar-refractivity contribution in [2.75, 3.05) is 38.2 Å². The molecule has 0 saturated carbocycles. The van der Waals surface area contributed by atoms with Crippen LogP contribution in [0, 0.1) is 5.92 Å². The number of pyridine rings is 1. The van der Waals surface area contributed by atoms with Gasteiger partial charge in [-0.15, -0.1) is 0 Å². The van der Waals surface area contributed by atoms with E-state index in [9.17, 15) is 4.79 Å². The van der Waals surface area contributed by atoms with Crippen molar-refractivity contribution in [3.63, 3.8) is 0 Å². The molecular weight excluding hydrogens is 564 g/mol. The summed E-state index contributed by atoms with van der Waals surface area (Å²) < 4.78 is 44.2. The third-order valence-electron chi connectivity index (χ3n) is 9.02. The van der Waals surface area contributed by atoms with Crippen LogP contribution < -0.4 is 5.32 Å². The largest absolute Gasteiger partial charge is 0.459 e. The lowest BCUT2D eigenvalue weighted by Crippen LogP contribution is -2.38. The first-order chi connectivity index (χ1) is 21.1. The monoisotopic (exact) mass is 609 g/mol. The van der Waals surface area contributed by atoms with Crippen LogP contribution in [0.25, 0.3) is 10.9 Å². The molecule has 10 heteroatoms. The molecule has 2 saturated heterocycles. The van der Waals surface area contributed by atoms with E-state index in [2.05, 4.69) is 21.5 Å². The number of hydrogen-bond donors (Lipinski definition) is 1. The van der Waals surface area contributed by atoms with Gasteiger partial charge in [0.2, 0.25) is 5.92 Å². The van der Waals surface area contributed by atoms with Gasteiger partial charge < -0.3 is 14.8 Å². The van der Waals surface area contributed by atoms with Crippen molar-refractivity contribution >= 4 is 22.7 Å². The van der Waals surface area contributed by atoms with Gasteiger partial charge in [0.1, 0.15) is 17.5 Å². The highest BCUT2D eigenvalue weighted by Gasteiger charge is 2.41. The number of hydrogen-bond acceptors (Lipinski definition) is 7. The normalized spacial score (nSPS) is 21.8. The summed E-state index contributed by atoms with van der Waals surface area (Å²) in [5.41, 5.74) is 3.07. The minimum absolute atomic E-state index is 0.0886. The van der Waals surface area contributed by atoms with Gasteiger partial charge in [0, 0.05) is 49.2 Å². The number of nitrogens with zero attached hydrogens (tertiary/aromatic N) is 4. The molecule has 3 aliphatic heterocycles. The quantitative estimate of drug-likeness (QED) is 0.263. The van der Waals surface area contributed by atoms with E-state index in [4.69, 9.17) is 9.47 Å². The Balaban J connectivity index is 1.15. The Morgan fingerprint density at radius 2 is 2.07 bits per heavy atom. The van der Waals surface area contributed by atoms with Gasteiger partial charge in [0.25, 0.3) is 0 Å². The smallest absolute Gasteiger partial charge is 0.328 e. The van der Waals surface area contributed by atoms with Crippen LogP contribution in [-0.4, -0.2) is 70.0 Å². The number of carbonyl (C=O) groups is 1. The molecule has 6 rings (SSSR count). The van der Waals surface area contributed by atoms with E-state index >= 15 is 8.78 Å². The maximum absolute atomic E-state index is 15.3. The van der Waals surface area contributed by atoms with Crippen molar-refractivity contribution in [1.82, 2.24) is 19.7 Å². The molecule has 1 N–H and O–H groups in total. The first-order valence-corrected chi connectivity index (χ1v) is 16.2. The first kappa shape index (κ1) is 30.9. The summed E-state index contributed by atoms with van der Waals surface area (Å²) in [6.45, 7) is 8.67. The maximum atomic E-state index is 15.3. The van der Waals surface area contributed by atoms with Gasteiger partial charge in [-0.1, -0.05) is 24.3 Å². The molecule has 0 amide bonds. The highest BCUT2D eigenvalue weighted by molar-refractivity contribution is 5.89. The number of alkyl halides is 2. The van der Waals surface area contributed by atoms with Crippen molar-refractivity contribution in [3.05, 3.63) is 53.3 Å². The highest BCUT2D eigenvalue weighted by atomic mass is 19.3. The van der Waals surface area contributed by atoms with Crippen molar-refractivity contribution in [2.24, 2.45) is 5.92 Å². The summed E-state index contributed by atoms with van der Waals surface area (Å²) in [6.07, 6.45) is 5.94. The molecule has 44 heavy (non-hydrogen) atoms. The lowest BCUT2D eigenvalue weighted by Gasteiger charge is -2.31. The van der Waals surface area contributed by atoms with E-state index in [1.54, 1.807) is 0 Å². The number of halogens is 2. The Morgan fingerprint density at radius 1 is 1.20 bits per heavy atom. The highest BCUT2D eigenvalue weighted by Crippen LogP contribution is 2.39. The van der Waals surface area contributed by atoms with Crippen LogP contribution in [0.1, 0.15) is 88.2 Å². The number of para-hydroxylation sites is 1. The molecule has 3 atom stereocenters. The average molecular weight is 610 g/mol. The van der Waals surface area contributed by atoms with Crippen molar-refractivity contribution in [2.45, 2.75) is 95.7 Å². The number of nitrogens with one attached hydrogen (secondary N) is 1. The summed E-state index contributed by atoms with van der Waals surface area (Å²) in [5, 5.41) is 8.94. The summed E-state index contributed by atoms with van der Waals surface area (Å²) in [6, 6.07) is 9.31. The zero-order valence-electron chi connectivity index (χ0n) is 26.2. The minimum Gasteiger partial charge on any atom is -0.459 e. The number of esters is 1. The predicted molar refractivity (Wildman–Crippen MR) is 166 cm³/mol. The Bertz CT molecular complexity index is 1460. The minimum atomic E-state index is -2.78. The Labute approximate surface area is 258 Å². The molecule has 2 fully saturated rings. The molecule has 1 unspecified atom stereocenters. The van der Waals surface area contributed by atoms with E-state index in [0.717, 1.165) is 53.8 Å². The van der Waals surface area contributed by atoms with Gasteiger partial charge >= 0.3 is 5.97 Å². The van der Waals surface area contributed by atoms with Crippen LogP contribution in [0.4, 0.5) is 14.6 Å². The van der Waals surface area contributed by atoms with Crippen LogP contribution in [0.15, 0.2) is 36.5 Å². The van der Waals surface area contributed by atoms with Crippen LogP contribution in [0.2, 0.25) is 0 Å². The number of anilines is 1. The SMILES string of the molecule is CC(C)(C)OC(=O)C(c1cccc2cnn([C@H]3CCOC3)c12)N1CC[C@@H](CC(F)(F)CCCc2ccc3c(n2)NCCC3)C1. The molecule has 8 nitrogen and oxygen atoms in total. The predicted octanol–water partition coefficient (Wildman–Crippen LogP) is 6.50. The molecule has 0 spiro atoms. The molecular formula is C34H45F2N5O3. The van der Waals surface area contributed by atoms with Gasteiger partial charge in [-0.3, -0.25) is 9.58 Å². The Morgan fingerprint density at radius 3 is 2.86 bits per heavy atom. The van der Waals surface area contributed by atoms with Crippen LogP contribution in [0.3, 0.4) is 0 Å². The number of benzene rings is 1. The number of aromatic nitrogens is 3. The number of aryl methyl sites for hydroxylation is 2. The fourth-order valence-corrected chi connectivity index (χ4v) is 7.00. The van der Waals surface area contributed by atoms with Crippen molar-refractivity contribution in [3.8, 4) is 0 Å². The summed E-state index contributed by atoms with van der Waals surface area (Å²) >= 11 is 0. The van der Waals surface area contributed by atoms with E-state index in [0.29, 0.717) is 45.6 Å². The lowest BCUT2D eigenvalue weighted by atomic mass is 9.96. The number of rotatable bonds is 10. The number of fused-ring (bicyclic) bond motifs is 2. The fourth-order valence-electron chi connectivity index (χ4n) is 7.00. The summed E-state index contributed by atoms with van der Waals surface area (Å²) in [7, 11) is 0. The maximum Gasteiger partial charge on any atom is 0.328 e. The Hall–Kier alpha value is -3.11. The average Bonchev–Trinajstić information content (AvgIpc) is 3.74. The third-order valence-corrected chi connectivity index (χ3v) is 9.02. The van der Waals surface area contributed by atoms with Gasteiger partial charge in [-0.05, 0) is 83.4 Å². The van der Waals surface area contributed by atoms with E-state index in [1.807, 2.05) is 60.8 Å². The van der Waals surface area contributed by atoms with Crippen molar-refractivity contribution < 1.29 is 23.0 Å². The molecule has 0 radical (unpaired) electrons.